The first-order valence-electron chi connectivity index (χ1n) is 7.68. The summed E-state index contributed by atoms with van der Waals surface area (Å²) in [7, 11) is 0. The van der Waals surface area contributed by atoms with E-state index in [2.05, 4.69) is 24.1 Å². The molecule has 2 atom stereocenters. The number of piperidine rings is 1. The molecule has 0 bridgehead atoms. The molecule has 0 spiro atoms. The van der Waals surface area contributed by atoms with Gasteiger partial charge in [0.25, 0.3) is 0 Å². The first-order valence-corrected chi connectivity index (χ1v) is 7.68. The summed E-state index contributed by atoms with van der Waals surface area (Å²) in [6.45, 7) is 7.73. The van der Waals surface area contributed by atoms with Crippen molar-refractivity contribution >= 4 is 18.3 Å². The Morgan fingerprint density at radius 1 is 1.32 bits per heavy atom. The zero-order valence-electron chi connectivity index (χ0n) is 12.4. The third-order valence-electron chi connectivity index (χ3n) is 4.57. The number of likely N-dealkylation sites (tertiary alicyclic amines) is 1. The Morgan fingerprint density at radius 2 is 2.11 bits per heavy atom. The van der Waals surface area contributed by atoms with Crippen molar-refractivity contribution < 1.29 is 4.79 Å². The number of nitrogens with zero attached hydrogens (tertiary/aromatic N) is 1. The van der Waals surface area contributed by atoms with Crippen LogP contribution in [0.4, 0.5) is 0 Å². The molecule has 1 amide bonds. The van der Waals surface area contributed by atoms with E-state index in [1.54, 1.807) is 0 Å². The summed E-state index contributed by atoms with van der Waals surface area (Å²) in [5.74, 6) is 1.74. The topological polar surface area (TPSA) is 32.3 Å². The average molecular weight is 289 g/mol. The standard InChI is InChI=1S/C15H28N2O.ClH/c1-12(2)14-5-3-4-10-17(14)15(18)7-6-13-8-9-16-11-13;/h12-14,16H,3-11H2,1-2H3;1H. The third kappa shape index (κ3) is 4.64. The fraction of sp³-hybridized carbons (Fsp3) is 0.933. The van der Waals surface area contributed by atoms with E-state index in [1.165, 1.54) is 25.7 Å². The SMILES string of the molecule is CC(C)C1CCCCN1C(=O)CCC1CCNC1.Cl. The van der Waals surface area contributed by atoms with Crippen molar-refractivity contribution in [3.05, 3.63) is 0 Å². The molecule has 2 unspecified atom stereocenters. The van der Waals surface area contributed by atoms with Gasteiger partial charge in [0.2, 0.25) is 5.91 Å². The minimum Gasteiger partial charge on any atom is -0.339 e. The van der Waals surface area contributed by atoms with Crippen molar-refractivity contribution in [2.45, 2.75) is 58.4 Å². The molecule has 0 aromatic rings. The van der Waals surface area contributed by atoms with Crippen LogP contribution in [0.25, 0.3) is 0 Å². The fourth-order valence-corrected chi connectivity index (χ4v) is 3.39. The number of hydrogen-bond acceptors (Lipinski definition) is 2. The van der Waals surface area contributed by atoms with E-state index >= 15 is 0 Å². The van der Waals surface area contributed by atoms with Crippen LogP contribution < -0.4 is 5.32 Å². The molecule has 4 heteroatoms. The van der Waals surface area contributed by atoms with E-state index in [0.29, 0.717) is 17.9 Å². The highest BCUT2D eigenvalue weighted by molar-refractivity contribution is 5.85. The summed E-state index contributed by atoms with van der Waals surface area (Å²) >= 11 is 0. The van der Waals surface area contributed by atoms with Crippen molar-refractivity contribution in [3.63, 3.8) is 0 Å². The number of rotatable bonds is 4. The van der Waals surface area contributed by atoms with Crippen LogP contribution in [0.1, 0.15) is 52.4 Å². The molecule has 0 aromatic heterocycles. The highest BCUT2D eigenvalue weighted by atomic mass is 35.5. The maximum atomic E-state index is 12.4. The number of carbonyl (C=O) groups is 1. The van der Waals surface area contributed by atoms with Crippen molar-refractivity contribution in [1.82, 2.24) is 10.2 Å². The molecule has 19 heavy (non-hydrogen) atoms. The van der Waals surface area contributed by atoms with Crippen molar-refractivity contribution in [2.75, 3.05) is 19.6 Å². The molecule has 2 saturated heterocycles. The number of amides is 1. The van der Waals surface area contributed by atoms with Crippen molar-refractivity contribution in [1.29, 1.82) is 0 Å². The molecule has 2 aliphatic rings. The zero-order chi connectivity index (χ0) is 13.0. The van der Waals surface area contributed by atoms with Gasteiger partial charge in [-0.05, 0) is 57.0 Å². The Balaban J connectivity index is 0.00000180. The van der Waals surface area contributed by atoms with Crippen LogP contribution in [0.15, 0.2) is 0 Å². The van der Waals surface area contributed by atoms with Gasteiger partial charge in [0.05, 0.1) is 0 Å². The van der Waals surface area contributed by atoms with Crippen LogP contribution in [-0.4, -0.2) is 36.5 Å². The molecule has 3 nitrogen and oxygen atoms in total. The maximum Gasteiger partial charge on any atom is 0.222 e. The highest BCUT2D eigenvalue weighted by Gasteiger charge is 2.29. The minimum atomic E-state index is 0. The van der Waals surface area contributed by atoms with Crippen molar-refractivity contribution in [3.8, 4) is 0 Å². The van der Waals surface area contributed by atoms with E-state index in [1.807, 2.05) is 0 Å². The molecule has 2 heterocycles. The fourth-order valence-electron chi connectivity index (χ4n) is 3.39. The van der Waals surface area contributed by atoms with Gasteiger partial charge in [-0.1, -0.05) is 13.8 Å². The second kappa shape index (κ2) is 8.11. The van der Waals surface area contributed by atoms with Gasteiger partial charge >= 0.3 is 0 Å². The molecule has 2 rings (SSSR count). The summed E-state index contributed by atoms with van der Waals surface area (Å²) in [5, 5.41) is 3.38. The molecule has 2 aliphatic heterocycles. The van der Waals surface area contributed by atoms with Gasteiger partial charge in [0.1, 0.15) is 0 Å². The Bertz CT molecular complexity index is 277. The Morgan fingerprint density at radius 3 is 2.74 bits per heavy atom. The predicted molar refractivity (Wildman–Crippen MR) is 81.6 cm³/mol. The first kappa shape index (κ1) is 16.8. The molecule has 0 saturated carbocycles. The predicted octanol–water partition coefficient (Wildman–Crippen LogP) is 2.84. The van der Waals surface area contributed by atoms with Gasteiger partial charge in [-0.15, -0.1) is 12.4 Å². The minimum absolute atomic E-state index is 0. The molecule has 0 aromatic carbocycles. The van der Waals surface area contributed by atoms with Crippen LogP contribution in [0.2, 0.25) is 0 Å². The normalized spacial score (nSPS) is 27.4. The molecule has 2 fully saturated rings. The van der Waals surface area contributed by atoms with E-state index in [-0.39, 0.29) is 12.4 Å². The lowest BCUT2D eigenvalue weighted by Crippen LogP contribution is -2.46. The number of halogens is 1. The number of carbonyl (C=O) groups excluding carboxylic acids is 1. The lowest BCUT2D eigenvalue weighted by atomic mass is 9.92. The largest absolute Gasteiger partial charge is 0.339 e. The first-order chi connectivity index (χ1) is 8.68. The van der Waals surface area contributed by atoms with E-state index < -0.39 is 0 Å². The molecule has 0 aliphatic carbocycles. The van der Waals surface area contributed by atoms with Crippen LogP contribution in [0.3, 0.4) is 0 Å². The summed E-state index contributed by atoms with van der Waals surface area (Å²) < 4.78 is 0. The third-order valence-corrected chi connectivity index (χ3v) is 4.57. The average Bonchev–Trinajstić information content (AvgIpc) is 2.89. The second-order valence-electron chi connectivity index (χ2n) is 6.29. The summed E-state index contributed by atoms with van der Waals surface area (Å²) in [6.07, 6.45) is 6.77. The Labute approximate surface area is 123 Å². The lowest BCUT2D eigenvalue weighted by Gasteiger charge is -2.38. The second-order valence-corrected chi connectivity index (χ2v) is 6.29. The van der Waals surface area contributed by atoms with Gasteiger partial charge in [-0.2, -0.15) is 0 Å². The van der Waals surface area contributed by atoms with E-state index in [4.69, 9.17) is 0 Å². The van der Waals surface area contributed by atoms with Crippen LogP contribution in [0, 0.1) is 11.8 Å². The molecule has 0 radical (unpaired) electrons. The quantitative estimate of drug-likeness (QED) is 0.863. The highest BCUT2D eigenvalue weighted by Crippen LogP contribution is 2.25. The van der Waals surface area contributed by atoms with Gasteiger partial charge in [-0.3, -0.25) is 4.79 Å². The van der Waals surface area contributed by atoms with Crippen LogP contribution in [0.5, 0.6) is 0 Å². The zero-order valence-corrected chi connectivity index (χ0v) is 13.2. The monoisotopic (exact) mass is 288 g/mol. The van der Waals surface area contributed by atoms with Crippen molar-refractivity contribution in [2.24, 2.45) is 11.8 Å². The van der Waals surface area contributed by atoms with Gasteiger partial charge in [-0.25, -0.2) is 0 Å². The van der Waals surface area contributed by atoms with Gasteiger partial charge in [0, 0.05) is 19.0 Å². The van der Waals surface area contributed by atoms with E-state index in [9.17, 15) is 4.79 Å². The Kier molecular flexibility index (Phi) is 7.16. The van der Waals surface area contributed by atoms with E-state index in [0.717, 1.165) is 38.4 Å². The van der Waals surface area contributed by atoms with Crippen LogP contribution >= 0.6 is 12.4 Å². The van der Waals surface area contributed by atoms with Crippen LogP contribution in [-0.2, 0) is 4.79 Å². The number of nitrogens with one attached hydrogen (secondary N) is 1. The smallest absolute Gasteiger partial charge is 0.222 e. The maximum absolute atomic E-state index is 12.4. The molecule has 112 valence electrons. The van der Waals surface area contributed by atoms with Gasteiger partial charge in [0.15, 0.2) is 0 Å². The summed E-state index contributed by atoms with van der Waals surface area (Å²) in [4.78, 5) is 14.6. The summed E-state index contributed by atoms with van der Waals surface area (Å²) in [5.41, 5.74) is 0. The molecule has 1 N–H and O–H groups in total. The van der Waals surface area contributed by atoms with Gasteiger partial charge < -0.3 is 10.2 Å². The Hall–Kier alpha value is -0.280. The molecular weight excluding hydrogens is 260 g/mol. The molecular formula is C15H29ClN2O. The lowest BCUT2D eigenvalue weighted by molar-refractivity contribution is -0.136. The summed E-state index contributed by atoms with van der Waals surface area (Å²) in [6, 6.07) is 0.493. The number of hydrogen-bond donors (Lipinski definition) is 1.